The second kappa shape index (κ2) is 4.13. The van der Waals surface area contributed by atoms with Crippen LogP contribution in [-0.4, -0.2) is 21.9 Å². The SMILES string of the molecule is Cc1nccnc1NCC1CC(Cl)C1. The number of aromatic nitrogens is 2. The lowest BCUT2D eigenvalue weighted by molar-refractivity contribution is 0.341. The highest BCUT2D eigenvalue weighted by Gasteiger charge is 2.26. The Labute approximate surface area is 88.9 Å². The molecule has 1 aromatic heterocycles. The third-order valence-corrected chi connectivity index (χ3v) is 2.97. The fourth-order valence-electron chi connectivity index (χ4n) is 1.64. The van der Waals surface area contributed by atoms with Crippen molar-refractivity contribution in [3.8, 4) is 0 Å². The van der Waals surface area contributed by atoms with E-state index in [0.717, 1.165) is 30.9 Å². The molecule has 14 heavy (non-hydrogen) atoms. The van der Waals surface area contributed by atoms with Crippen LogP contribution < -0.4 is 5.32 Å². The van der Waals surface area contributed by atoms with E-state index in [1.165, 1.54) is 0 Å². The highest BCUT2D eigenvalue weighted by molar-refractivity contribution is 6.21. The van der Waals surface area contributed by atoms with Crippen molar-refractivity contribution in [1.29, 1.82) is 0 Å². The molecule has 1 heterocycles. The van der Waals surface area contributed by atoms with Gasteiger partial charge >= 0.3 is 0 Å². The minimum Gasteiger partial charge on any atom is -0.368 e. The van der Waals surface area contributed by atoms with Crippen molar-refractivity contribution in [2.45, 2.75) is 25.1 Å². The van der Waals surface area contributed by atoms with Gasteiger partial charge in [-0.3, -0.25) is 4.98 Å². The predicted octanol–water partition coefficient (Wildman–Crippen LogP) is 2.21. The molecule has 0 aromatic carbocycles. The Morgan fingerprint density at radius 2 is 2.14 bits per heavy atom. The van der Waals surface area contributed by atoms with Crippen LogP contribution in [0.5, 0.6) is 0 Å². The van der Waals surface area contributed by atoms with Crippen molar-refractivity contribution >= 4 is 17.4 Å². The Morgan fingerprint density at radius 3 is 2.79 bits per heavy atom. The number of nitrogens with zero attached hydrogens (tertiary/aromatic N) is 2. The van der Waals surface area contributed by atoms with E-state index in [0.29, 0.717) is 11.3 Å². The average Bonchev–Trinajstić information content (AvgIpc) is 2.13. The summed E-state index contributed by atoms with van der Waals surface area (Å²) in [4.78, 5) is 8.39. The third kappa shape index (κ3) is 2.15. The fraction of sp³-hybridized carbons (Fsp3) is 0.600. The van der Waals surface area contributed by atoms with Crippen LogP contribution in [-0.2, 0) is 0 Å². The van der Waals surface area contributed by atoms with Gasteiger partial charge in [0.05, 0.1) is 5.69 Å². The molecule has 1 fully saturated rings. The lowest BCUT2D eigenvalue weighted by Crippen LogP contribution is -2.30. The van der Waals surface area contributed by atoms with Gasteiger partial charge in [-0.2, -0.15) is 0 Å². The van der Waals surface area contributed by atoms with Crippen molar-refractivity contribution < 1.29 is 0 Å². The van der Waals surface area contributed by atoms with E-state index in [4.69, 9.17) is 11.6 Å². The van der Waals surface area contributed by atoms with E-state index >= 15 is 0 Å². The van der Waals surface area contributed by atoms with Gasteiger partial charge in [0.2, 0.25) is 0 Å². The molecule has 4 heteroatoms. The number of anilines is 1. The first-order valence-corrected chi connectivity index (χ1v) is 5.35. The Morgan fingerprint density at radius 1 is 1.43 bits per heavy atom. The van der Waals surface area contributed by atoms with E-state index < -0.39 is 0 Å². The molecule has 3 nitrogen and oxygen atoms in total. The lowest BCUT2D eigenvalue weighted by Gasteiger charge is -2.31. The van der Waals surface area contributed by atoms with E-state index in [9.17, 15) is 0 Å². The third-order valence-electron chi connectivity index (χ3n) is 2.62. The maximum absolute atomic E-state index is 5.90. The Kier molecular flexibility index (Phi) is 2.87. The maximum atomic E-state index is 5.90. The molecule has 0 atom stereocenters. The zero-order valence-corrected chi connectivity index (χ0v) is 8.96. The molecule has 1 saturated carbocycles. The van der Waals surface area contributed by atoms with Gasteiger partial charge in [-0.1, -0.05) is 0 Å². The monoisotopic (exact) mass is 211 g/mol. The van der Waals surface area contributed by atoms with Gasteiger partial charge in [0.1, 0.15) is 5.82 Å². The lowest BCUT2D eigenvalue weighted by atomic mass is 9.85. The summed E-state index contributed by atoms with van der Waals surface area (Å²) in [5.41, 5.74) is 0.953. The number of hydrogen-bond donors (Lipinski definition) is 1. The summed E-state index contributed by atoms with van der Waals surface area (Å²) in [6, 6.07) is 0. The van der Waals surface area contributed by atoms with Crippen molar-refractivity contribution in [2.75, 3.05) is 11.9 Å². The molecule has 0 spiro atoms. The molecule has 0 saturated heterocycles. The molecule has 0 radical (unpaired) electrons. The molecule has 1 N–H and O–H groups in total. The van der Waals surface area contributed by atoms with Crippen LogP contribution in [0.1, 0.15) is 18.5 Å². The van der Waals surface area contributed by atoms with Crippen LogP contribution in [0, 0.1) is 12.8 Å². The van der Waals surface area contributed by atoms with Crippen LogP contribution in [0.3, 0.4) is 0 Å². The summed E-state index contributed by atoms with van der Waals surface area (Å²) in [5, 5.41) is 3.70. The highest BCUT2D eigenvalue weighted by atomic mass is 35.5. The molecule has 1 aromatic rings. The van der Waals surface area contributed by atoms with Gasteiger partial charge in [-0.25, -0.2) is 4.98 Å². The van der Waals surface area contributed by atoms with Gasteiger partial charge < -0.3 is 5.32 Å². The van der Waals surface area contributed by atoms with Crippen LogP contribution in [0.25, 0.3) is 0 Å². The molecular formula is C10H14ClN3. The summed E-state index contributed by atoms with van der Waals surface area (Å²) in [5.74, 6) is 1.60. The van der Waals surface area contributed by atoms with Gasteiger partial charge in [-0.15, -0.1) is 11.6 Å². The number of alkyl halides is 1. The van der Waals surface area contributed by atoms with Crippen LogP contribution >= 0.6 is 11.6 Å². The zero-order valence-electron chi connectivity index (χ0n) is 8.20. The maximum Gasteiger partial charge on any atom is 0.147 e. The molecular weight excluding hydrogens is 198 g/mol. The van der Waals surface area contributed by atoms with Gasteiger partial charge in [-0.05, 0) is 25.7 Å². The molecule has 2 rings (SSSR count). The largest absolute Gasteiger partial charge is 0.368 e. The normalized spacial score (nSPS) is 25.6. The van der Waals surface area contributed by atoms with Crippen molar-refractivity contribution in [3.05, 3.63) is 18.1 Å². The first-order valence-electron chi connectivity index (χ1n) is 4.91. The Bertz CT molecular complexity index is 310. The van der Waals surface area contributed by atoms with E-state index in [2.05, 4.69) is 15.3 Å². The zero-order chi connectivity index (χ0) is 9.97. The van der Waals surface area contributed by atoms with Crippen LogP contribution in [0.4, 0.5) is 5.82 Å². The molecule has 0 aliphatic heterocycles. The summed E-state index contributed by atoms with van der Waals surface area (Å²) in [6.45, 7) is 2.92. The minimum atomic E-state index is 0.393. The molecule has 0 bridgehead atoms. The number of aryl methyl sites for hydroxylation is 1. The van der Waals surface area contributed by atoms with Crippen molar-refractivity contribution in [2.24, 2.45) is 5.92 Å². The summed E-state index contributed by atoms with van der Waals surface area (Å²) in [6.07, 6.45) is 5.65. The summed E-state index contributed by atoms with van der Waals surface area (Å²) in [7, 11) is 0. The van der Waals surface area contributed by atoms with Crippen molar-refractivity contribution in [1.82, 2.24) is 9.97 Å². The number of halogens is 1. The van der Waals surface area contributed by atoms with Crippen LogP contribution in [0.15, 0.2) is 12.4 Å². The summed E-state index contributed by atoms with van der Waals surface area (Å²) >= 11 is 5.90. The van der Waals surface area contributed by atoms with Gasteiger partial charge in [0.25, 0.3) is 0 Å². The van der Waals surface area contributed by atoms with E-state index in [1.54, 1.807) is 12.4 Å². The predicted molar refractivity (Wildman–Crippen MR) is 57.6 cm³/mol. The molecule has 1 aliphatic rings. The fourth-order valence-corrected chi connectivity index (χ4v) is 2.15. The number of hydrogen-bond acceptors (Lipinski definition) is 3. The topological polar surface area (TPSA) is 37.8 Å². The molecule has 0 amide bonds. The quantitative estimate of drug-likeness (QED) is 0.780. The van der Waals surface area contributed by atoms with Gasteiger partial charge in [0.15, 0.2) is 0 Å². The molecule has 0 unspecified atom stereocenters. The first kappa shape index (κ1) is 9.71. The Hall–Kier alpha value is -0.830. The average molecular weight is 212 g/mol. The summed E-state index contributed by atoms with van der Waals surface area (Å²) < 4.78 is 0. The minimum absolute atomic E-state index is 0.393. The Balaban J connectivity index is 1.83. The van der Waals surface area contributed by atoms with Gasteiger partial charge in [0, 0.05) is 24.3 Å². The second-order valence-corrected chi connectivity index (χ2v) is 4.42. The first-order chi connectivity index (χ1) is 6.75. The molecule has 76 valence electrons. The van der Waals surface area contributed by atoms with Crippen molar-refractivity contribution in [3.63, 3.8) is 0 Å². The highest BCUT2D eigenvalue weighted by Crippen LogP contribution is 2.31. The standard InChI is InChI=1S/C10H14ClN3/c1-7-10(13-3-2-12-7)14-6-8-4-9(11)5-8/h2-3,8-9H,4-6H2,1H3,(H,13,14). The second-order valence-electron chi connectivity index (χ2n) is 3.81. The van der Waals surface area contributed by atoms with E-state index in [1.807, 2.05) is 6.92 Å². The van der Waals surface area contributed by atoms with Crippen LogP contribution in [0.2, 0.25) is 0 Å². The smallest absolute Gasteiger partial charge is 0.147 e. The molecule has 1 aliphatic carbocycles. The number of nitrogens with one attached hydrogen (secondary N) is 1. The number of rotatable bonds is 3. The van der Waals surface area contributed by atoms with E-state index in [-0.39, 0.29) is 0 Å².